The maximum atomic E-state index is 12.1. The lowest BCUT2D eigenvalue weighted by Crippen LogP contribution is -2.32. The van der Waals surface area contributed by atoms with Crippen LogP contribution in [-0.2, 0) is 0 Å². The van der Waals surface area contributed by atoms with Crippen LogP contribution in [0.5, 0.6) is 0 Å². The van der Waals surface area contributed by atoms with Gasteiger partial charge in [0, 0.05) is 38.1 Å². The minimum Gasteiger partial charge on any atom is -0.395 e. The Morgan fingerprint density at radius 1 is 1.33 bits per heavy atom. The summed E-state index contributed by atoms with van der Waals surface area (Å²) in [6.45, 7) is 0.168. The lowest BCUT2D eigenvalue weighted by atomic mass is 10.3. The molecule has 1 aromatic carbocycles. The first kappa shape index (κ1) is 14.9. The van der Waals surface area contributed by atoms with Gasteiger partial charge in [-0.25, -0.2) is 0 Å². The van der Waals surface area contributed by atoms with E-state index in [9.17, 15) is 4.79 Å². The van der Waals surface area contributed by atoms with Crippen molar-refractivity contribution in [3.8, 4) is 0 Å². The Balaban J connectivity index is 2.79. The predicted octanol–water partition coefficient (Wildman–Crippen LogP) is 2.18. The van der Waals surface area contributed by atoms with E-state index < -0.39 is 0 Å². The highest BCUT2D eigenvalue weighted by molar-refractivity contribution is 8.32. The Bertz CT molecular complexity index is 410. The monoisotopic (exact) mass is 284 g/mol. The van der Waals surface area contributed by atoms with Gasteiger partial charge in [-0.1, -0.05) is 30.4 Å². The summed E-state index contributed by atoms with van der Waals surface area (Å²) in [5, 5.41) is 8.86. The molecule has 0 saturated carbocycles. The van der Waals surface area contributed by atoms with Crippen molar-refractivity contribution in [1.82, 2.24) is 4.90 Å². The molecular weight excluding hydrogens is 268 g/mol. The Hall–Kier alpha value is -1.11. The van der Waals surface area contributed by atoms with Crippen LogP contribution in [0.2, 0.25) is 0 Å². The van der Waals surface area contributed by atoms with Gasteiger partial charge in [-0.05, 0) is 12.1 Å². The van der Waals surface area contributed by atoms with Gasteiger partial charge in [0.05, 0.1) is 6.61 Å². The van der Waals surface area contributed by atoms with E-state index >= 15 is 0 Å². The smallest absolute Gasteiger partial charge is 0.293 e. The molecule has 0 aliphatic rings. The lowest BCUT2D eigenvalue weighted by molar-refractivity contribution is 0.260. The van der Waals surface area contributed by atoms with Crippen LogP contribution in [0.4, 0.5) is 10.5 Å². The molecule has 0 fully saturated rings. The third-order valence-corrected chi connectivity index (χ3v) is 3.70. The summed E-state index contributed by atoms with van der Waals surface area (Å²) in [5.41, 5.74) is 0.755. The molecule has 0 unspecified atom stereocenters. The normalized spacial score (nSPS) is 9.94. The largest absolute Gasteiger partial charge is 0.395 e. The van der Waals surface area contributed by atoms with E-state index in [1.807, 2.05) is 30.3 Å². The van der Waals surface area contributed by atoms with Crippen molar-refractivity contribution in [2.24, 2.45) is 0 Å². The fraction of sp³-hybridized carbons (Fsp3) is 0.333. The summed E-state index contributed by atoms with van der Waals surface area (Å²) >= 11 is 6.07. The number of nitrogens with zero attached hydrogens (tertiary/aromatic N) is 2. The Morgan fingerprint density at radius 3 is 2.44 bits per heavy atom. The van der Waals surface area contributed by atoms with Gasteiger partial charge in [-0.15, -0.1) is 0 Å². The van der Waals surface area contributed by atoms with Gasteiger partial charge >= 0.3 is 0 Å². The standard InChI is InChI=1S/C12H16N2O2S2/c1-13(2)12(17)18-11(16)14(8-9-15)10-6-4-3-5-7-10/h3-7,15H,8-9H2,1-2H3. The number of amides is 1. The van der Waals surface area contributed by atoms with Gasteiger partial charge < -0.3 is 14.9 Å². The highest BCUT2D eigenvalue weighted by Crippen LogP contribution is 2.20. The van der Waals surface area contributed by atoms with E-state index in [0.29, 0.717) is 4.32 Å². The van der Waals surface area contributed by atoms with Crippen LogP contribution in [0.1, 0.15) is 0 Å². The molecule has 1 aromatic rings. The number of para-hydroxylation sites is 1. The molecule has 1 N–H and O–H groups in total. The van der Waals surface area contributed by atoms with Gasteiger partial charge in [0.1, 0.15) is 4.32 Å². The van der Waals surface area contributed by atoms with Gasteiger partial charge in [-0.3, -0.25) is 4.79 Å². The number of hydrogen-bond donors (Lipinski definition) is 1. The minimum absolute atomic E-state index is 0.0874. The van der Waals surface area contributed by atoms with Crippen LogP contribution >= 0.6 is 24.0 Å². The molecule has 98 valence electrons. The maximum Gasteiger partial charge on any atom is 0.293 e. The number of thiocarbonyl (C=S) groups is 1. The molecule has 0 atom stereocenters. The molecule has 6 heteroatoms. The van der Waals surface area contributed by atoms with E-state index in [-0.39, 0.29) is 18.4 Å². The van der Waals surface area contributed by atoms with Crippen molar-refractivity contribution in [3.63, 3.8) is 0 Å². The summed E-state index contributed by atoms with van der Waals surface area (Å²) in [7, 11) is 3.59. The highest BCUT2D eigenvalue weighted by Gasteiger charge is 2.18. The van der Waals surface area contributed by atoms with E-state index in [1.165, 1.54) is 4.90 Å². The molecule has 0 spiro atoms. The van der Waals surface area contributed by atoms with Crippen molar-refractivity contribution in [2.75, 3.05) is 32.1 Å². The van der Waals surface area contributed by atoms with Crippen LogP contribution in [0.3, 0.4) is 0 Å². The number of aliphatic hydroxyl groups is 1. The zero-order valence-corrected chi connectivity index (χ0v) is 12.0. The Morgan fingerprint density at radius 2 is 1.94 bits per heavy atom. The summed E-state index contributed by atoms with van der Waals surface area (Å²) in [6.07, 6.45) is 0. The second-order valence-electron chi connectivity index (χ2n) is 3.74. The average Bonchev–Trinajstić information content (AvgIpc) is 2.36. The molecule has 0 aliphatic carbocycles. The molecule has 0 saturated heterocycles. The third kappa shape index (κ3) is 4.29. The van der Waals surface area contributed by atoms with Crippen LogP contribution < -0.4 is 4.90 Å². The SMILES string of the molecule is CN(C)C(=S)SC(=O)N(CCO)c1ccccc1. The van der Waals surface area contributed by atoms with E-state index in [0.717, 1.165) is 17.4 Å². The van der Waals surface area contributed by atoms with E-state index in [1.54, 1.807) is 19.0 Å². The first-order valence-electron chi connectivity index (χ1n) is 5.42. The summed E-state index contributed by atoms with van der Waals surface area (Å²) in [5.74, 6) is 0. The molecule has 4 nitrogen and oxygen atoms in total. The predicted molar refractivity (Wildman–Crippen MR) is 80.1 cm³/mol. The molecule has 0 aliphatic heterocycles. The van der Waals surface area contributed by atoms with Crippen molar-refractivity contribution in [1.29, 1.82) is 0 Å². The topological polar surface area (TPSA) is 43.8 Å². The summed E-state index contributed by atoms with van der Waals surface area (Å²) in [4.78, 5) is 15.3. The first-order valence-corrected chi connectivity index (χ1v) is 6.65. The molecule has 1 rings (SSSR count). The summed E-state index contributed by atoms with van der Waals surface area (Å²) in [6, 6.07) is 9.23. The number of rotatable bonds is 3. The molecule has 0 aromatic heterocycles. The van der Waals surface area contributed by atoms with Crippen molar-refractivity contribution in [3.05, 3.63) is 30.3 Å². The van der Waals surface area contributed by atoms with Crippen molar-refractivity contribution < 1.29 is 9.90 Å². The van der Waals surface area contributed by atoms with Crippen LogP contribution in [0, 0.1) is 0 Å². The average molecular weight is 284 g/mol. The Kier molecular flexibility index (Phi) is 6.11. The number of carbonyl (C=O) groups is 1. The number of thioether (sulfide) groups is 1. The quantitative estimate of drug-likeness (QED) is 0.862. The fourth-order valence-electron chi connectivity index (χ4n) is 1.25. The molecule has 0 heterocycles. The minimum atomic E-state index is -0.186. The number of anilines is 1. The van der Waals surface area contributed by atoms with Gasteiger partial charge in [-0.2, -0.15) is 0 Å². The molecular formula is C12H16N2O2S2. The van der Waals surface area contributed by atoms with Gasteiger partial charge in [0.25, 0.3) is 5.24 Å². The fourth-order valence-corrected chi connectivity index (χ4v) is 2.11. The molecule has 1 amide bonds. The zero-order valence-electron chi connectivity index (χ0n) is 10.4. The number of carbonyl (C=O) groups excluding carboxylic acids is 1. The zero-order chi connectivity index (χ0) is 13.5. The van der Waals surface area contributed by atoms with Gasteiger partial charge in [0.2, 0.25) is 0 Å². The summed E-state index contributed by atoms with van der Waals surface area (Å²) < 4.78 is 0.499. The molecule has 0 radical (unpaired) electrons. The van der Waals surface area contributed by atoms with E-state index in [2.05, 4.69) is 0 Å². The number of benzene rings is 1. The van der Waals surface area contributed by atoms with Crippen LogP contribution in [-0.4, -0.2) is 46.8 Å². The van der Waals surface area contributed by atoms with Crippen molar-refractivity contribution in [2.45, 2.75) is 0 Å². The van der Waals surface area contributed by atoms with Crippen LogP contribution in [0.25, 0.3) is 0 Å². The Labute approximate surface area is 117 Å². The second-order valence-corrected chi connectivity index (χ2v) is 5.32. The molecule has 0 bridgehead atoms. The highest BCUT2D eigenvalue weighted by atomic mass is 32.2. The van der Waals surface area contributed by atoms with E-state index in [4.69, 9.17) is 17.3 Å². The maximum absolute atomic E-state index is 12.1. The van der Waals surface area contributed by atoms with Crippen molar-refractivity contribution >= 4 is 39.2 Å². The van der Waals surface area contributed by atoms with Crippen LogP contribution in [0.15, 0.2) is 30.3 Å². The second kappa shape index (κ2) is 7.35. The molecule has 18 heavy (non-hydrogen) atoms. The van der Waals surface area contributed by atoms with Gasteiger partial charge in [0.15, 0.2) is 0 Å². The number of aliphatic hydroxyl groups excluding tert-OH is 1. The third-order valence-electron chi connectivity index (χ3n) is 2.15. The lowest BCUT2D eigenvalue weighted by Gasteiger charge is -2.22. The first-order chi connectivity index (χ1) is 8.56. The number of hydrogen-bond acceptors (Lipinski definition) is 4.